The maximum Gasteiger partial charge on any atom is -0.00988 e. The predicted molar refractivity (Wildman–Crippen MR) is 157 cm³/mol. The van der Waals surface area contributed by atoms with Crippen LogP contribution in [0.15, 0.2) is 133 Å². The Morgan fingerprint density at radius 2 is 0.528 bits per heavy atom. The van der Waals surface area contributed by atoms with E-state index < -0.39 is 0 Å². The Kier molecular flexibility index (Phi) is 4.03. The Bertz CT molecular complexity index is 2150. The molecule has 0 spiro atoms. The largest absolute Gasteiger partial charge is 0.0616 e. The third kappa shape index (κ3) is 2.95. The minimum Gasteiger partial charge on any atom is -0.0616 e. The highest BCUT2D eigenvalue weighted by molar-refractivity contribution is 6.13. The first-order valence-corrected chi connectivity index (χ1v) is 12.5. The third-order valence-corrected chi connectivity index (χ3v) is 7.69. The van der Waals surface area contributed by atoms with Crippen molar-refractivity contribution in [2.24, 2.45) is 0 Å². The van der Waals surface area contributed by atoms with Gasteiger partial charge >= 0.3 is 0 Å². The Morgan fingerprint density at radius 3 is 1.03 bits per heavy atom. The lowest BCUT2D eigenvalue weighted by molar-refractivity contribution is 1.71. The van der Waals surface area contributed by atoms with Gasteiger partial charge in [0.2, 0.25) is 0 Å². The smallest absolute Gasteiger partial charge is 0.00988 e. The SMILES string of the molecule is c1ccc2cc3cc4cc5c(-c6cccc7cc8ccccc8cc67)cccc5cc4cc3cc2c1. The zero-order valence-electron chi connectivity index (χ0n) is 19.7. The van der Waals surface area contributed by atoms with E-state index in [0.717, 1.165) is 0 Å². The van der Waals surface area contributed by atoms with Gasteiger partial charge in [-0.05, 0) is 124 Å². The quantitative estimate of drug-likeness (QED) is 0.216. The highest BCUT2D eigenvalue weighted by atomic mass is 14.1. The summed E-state index contributed by atoms with van der Waals surface area (Å²) in [5.74, 6) is 0. The number of fused-ring (bicyclic) bond motifs is 6. The Morgan fingerprint density at radius 1 is 0.222 bits per heavy atom. The minimum atomic E-state index is 1.28. The van der Waals surface area contributed by atoms with Crippen molar-refractivity contribution in [3.05, 3.63) is 133 Å². The van der Waals surface area contributed by atoms with Gasteiger partial charge in [0.05, 0.1) is 0 Å². The molecule has 0 saturated heterocycles. The van der Waals surface area contributed by atoms with Gasteiger partial charge in [0, 0.05) is 0 Å². The Balaban J connectivity index is 1.41. The van der Waals surface area contributed by atoms with Crippen LogP contribution in [0.2, 0.25) is 0 Å². The van der Waals surface area contributed by atoms with Crippen LogP contribution in [0.25, 0.3) is 75.8 Å². The average Bonchev–Trinajstić information content (AvgIpc) is 2.92. The Labute approximate surface area is 209 Å². The van der Waals surface area contributed by atoms with Crippen LogP contribution >= 0.6 is 0 Å². The fourth-order valence-electron chi connectivity index (χ4n) is 5.91. The topological polar surface area (TPSA) is 0 Å². The van der Waals surface area contributed by atoms with Crippen molar-refractivity contribution in [3.8, 4) is 11.1 Å². The highest BCUT2D eigenvalue weighted by Gasteiger charge is 2.11. The molecule has 8 aromatic carbocycles. The summed E-state index contributed by atoms with van der Waals surface area (Å²) >= 11 is 0. The summed E-state index contributed by atoms with van der Waals surface area (Å²) in [5, 5.41) is 15.4. The molecule has 36 heavy (non-hydrogen) atoms. The van der Waals surface area contributed by atoms with E-state index in [0.29, 0.717) is 0 Å². The molecule has 0 bridgehead atoms. The van der Waals surface area contributed by atoms with Crippen LogP contribution in [0, 0.1) is 0 Å². The molecule has 0 N–H and O–H groups in total. The second kappa shape index (κ2) is 7.41. The molecule has 8 aromatic rings. The number of hydrogen-bond donors (Lipinski definition) is 0. The molecule has 0 amide bonds. The molecule has 0 aliphatic heterocycles. The lowest BCUT2D eigenvalue weighted by Gasteiger charge is -2.13. The minimum absolute atomic E-state index is 1.28. The maximum absolute atomic E-state index is 2.38. The van der Waals surface area contributed by atoms with Gasteiger partial charge < -0.3 is 0 Å². The van der Waals surface area contributed by atoms with Gasteiger partial charge in [0.1, 0.15) is 0 Å². The highest BCUT2D eigenvalue weighted by Crippen LogP contribution is 2.38. The van der Waals surface area contributed by atoms with Crippen LogP contribution in [0.5, 0.6) is 0 Å². The molecular formula is C36H22. The normalized spacial score (nSPS) is 11.9. The van der Waals surface area contributed by atoms with E-state index in [1.165, 1.54) is 75.8 Å². The monoisotopic (exact) mass is 454 g/mol. The van der Waals surface area contributed by atoms with Gasteiger partial charge in [0.15, 0.2) is 0 Å². The lowest BCUT2D eigenvalue weighted by Crippen LogP contribution is -1.86. The van der Waals surface area contributed by atoms with E-state index in [1.54, 1.807) is 0 Å². The molecule has 0 aliphatic rings. The van der Waals surface area contributed by atoms with Gasteiger partial charge in [-0.3, -0.25) is 0 Å². The summed E-state index contributed by atoms with van der Waals surface area (Å²) in [6.45, 7) is 0. The molecule has 8 rings (SSSR count). The molecule has 0 aromatic heterocycles. The molecule has 0 unspecified atom stereocenters. The molecule has 0 heterocycles. The Hall–Kier alpha value is -4.68. The zero-order chi connectivity index (χ0) is 23.6. The molecule has 0 nitrogen and oxygen atoms in total. The summed E-state index contributed by atoms with van der Waals surface area (Å²) in [7, 11) is 0. The van der Waals surface area contributed by atoms with Crippen molar-refractivity contribution in [1.29, 1.82) is 0 Å². The van der Waals surface area contributed by atoms with Crippen molar-refractivity contribution in [2.45, 2.75) is 0 Å². The van der Waals surface area contributed by atoms with Crippen molar-refractivity contribution >= 4 is 64.6 Å². The molecule has 0 saturated carbocycles. The van der Waals surface area contributed by atoms with Crippen molar-refractivity contribution in [2.75, 3.05) is 0 Å². The molecule has 0 atom stereocenters. The molecular weight excluding hydrogens is 432 g/mol. The fraction of sp³-hybridized carbons (Fsp3) is 0. The second-order valence-corrected chi connectivity index (χ2v) is 9.85. The lowest BCUT2D eigenvalue weighted by atomic mass is 9.91. The number of rotatable bonds is 1. The van der Waals surface area contributed by atoms with Crippen LogP contribution < -0.4 is 0 Å². The van der Waals surface area contributed by atoms with E-state index in [9.17, 15) is 0 Å². The van der Waals surface area contributed by atoms with E-state index in [-0.39, 0.29) is 0 Å². The third-order valence-electron chi connectivity index (χ3n) is 7.69. The first kappa shape index (κ1) is 19.6. The van der Waals surface area contributed by atoms with Crippen LogP contribution in [-0.2, 0) is 0 Å². The molecule has 0 fully saturated rings. The van der Waals surface area contributed by atoms with Gasteiger partial charge in [-0.25, -0.2) is 0 Å². The van der Waals surface area contributed by atoms with E-state index >= 15 is 0 Å². The van der Waals surface area contributed by atoms with Gasteiger partial charge in [0.25, 0.3) is 0 Å². The summed E-state index contributed by atoms with van der Waals surface area (Å²) in [5.41, 5.74) is 2.57. The summed E-state index contributed by atoms with van der Waals surface area (Å²) in [4.78, 5) is 0. The summed E-state index contributed by atoms with van der Waals surface area (Å²) in [6.07, 6.45) is 0. The van der Waals surface area contributed by atoms with Crippen molar-refractivity contribution in [1.82, 2.24) is 0 Å². The summed E-state index contributed by atoms with van der Waals surface area (Å²) in [6, 6.07) is 49.3. The molecule has 0 heteroatoms. The average molecular weight is 455 g/mol. The van der Waals surface area contributed by atoms with E-state index in [1.807, 2.05) is 0 Å². The van der Waals surface area contributed by atoms with E-state index in [2.05, 4.69) is 133 Å². The molecule has 0 aliphatic carbocycles. The van der Waals surface area contributed by atoms with E-state index in [4.69, 9.17) is 0 Å². The fourth-order valence-corrected chi connectivity index (χ4v) is 5.91. The molecule has 0 radical (unpaired) electrons. The standard InChI is InChI=1S/C36H22/c1-2-9-25-17-30-20-32-22-36-28(18-31(32)19-29(30)16-24(25)8-1)12-6-14-34(36)33-13-5-11-27-15-23-7-3-4-10-26(23)21-35(27)33/h1-22H. The van der Waals surface area contributed by atoms with Crippen molar-refractivity contribution in [3.63, 3.8) is 0 Å². The maximum atomic E-state index is 2.38. The summed E-state index contributed by atoms with van der Waals surface area (Å²) < 4.78 is 0. The van der Waals surface area contributed by atoms with Crippen molar-refractivity contribution < 1.29 is 0 Å². The van der Waals surface area contributed by atoms with Gasteiger partial charge in [-0.15, -0.1) is 0 Å². The number of hydrogen-bond acceptors (Lipinski definition) is 0. The first-order valence-electron chi connectivity index (χ1n) is 12.5. The van der Waals surface area contributed by atoms with Gasteiger partial charge in [-0.2, -0.15) is 0 Å². The van der Waals surface area contributed by atoms with Gasteiger partial charge in [-0.1, -0.05) is 84.9 Å². The van der Waals surface area contributed by atoms with Crippen LogP contribution in [0.1, 0.15) is 0 Å². The first-order chi connectivity index (χ1) is 17.8. The van der Waals surface area contributed by atoms with Crippen LogP contribution in [0.4, 0.5) is 0 Å². The second-order valence-electron chi connectivity index (χ2n) is 9.85. The zero-order valence-corrected chi connectivity index (χ0v) is 19.7. The number of benzene rings is 8. The van der Waals surface area contributed by atoms with Crippen LogP contribution in [0.3, 0.4) is 0 Å². The molecule has 166 valence electrons. The van der Waals surface area contributed by atoms with Crippen LogP contribution in [-0.4, -0.2) is 0 Å². The predicted octanol–water partition coefficient (Wildman–Crippen LogP) is 10.3.